The van der Waals surface area contributed by atoms with Crippen LogP contribution in [0, 0.1) is 0 Å². The Labute approximate surface area is 125 Å². The van der Waals surface area contributed by atoms with Crippen LogP contribution in [0.25, 0.3) is 0 Å². The number of nitrogen functional groups attached to an aromatic ring is 1. The number of esters is 1. The van der Waals surface area contributed by atoms with Gasteiger partial charge in [-0.1, -0.05) is 18.6 Å². The molecule has 0 amide bonds. The van der Waals surface area contributed by atoms with Crippen LogP contribution in [-0.2, 0) is 4.74 Å². The molecule has 3 N–H and O–H groups in total. The lowest BCUT2D eigenvalue weighted by Crippen LogP contribution is -2.35. The molecule has 0 saturated carbocycles. The average molecular weight is 299 g/mol. The summed E-state index contributed by atoms with van der Waals surface area (Å²) in [6.07, 6.45) is 6.03. The van der Waals surface area contributed by atoms with Crippen molar-refractivity contribution in [3.63, 3.8) is 0 Å². The van der Waals surface area contributed by atoms with Crippen molar-refractivity contribution >= 4 is 23.3 Å². The van der Waals surface area contributed by atoms with Crippen molar-refractivity contribution in [2.75, 3.05) is 25.3 Å². The number of nitrogens with one attached hydrogen (secondary N) is 1. The van der Waals surface area contributed by atoms with E-state index in [1.54, 1.807) is 24.3 Å². The van der Waals surface area contributed by atoms with Gasteiger partial charge in [-0.3, -0.25) is 0 Å². The standard InChI is InChI=1S/C14H20N2O2.CH3Cl/c15-13-7-2-1-6-12(13)14(17)18-10-8-11-5-3-4-9-16-11;1-2/h1-2,6-7,11,16H,3-5,8-10,15H2;1H3. The molecule has 0 aliphatic carbocycles. The predicted octanol–water partition coefficient (Wildman–Crippen LogP) is 2.81. The molecule has 1 heterocycles. The number of benzene rings is 1. The van der Waals surface area contributed by atoms with Crippen LogP contribution in [-0.4, -0.2) is 31.5 Å². The SMILES string of the molecule is CCl.Nc1ccccc1C(=O)OCCC1CCCCN1. The fourth-order valence-corrected chi connectivity index (χ4v) is 2.22. The first-order chi connectivity index (χ1) is 9.77. The summed E-state index contributed by atoms with van der Waals surface area (Å²) in [7, 11) is 0. The van der Waals surface area contributed by atoms with Crippen LogP contribution in [0.15, 0.2) is 24.3 Å². The molecule has 1 aliphatic heterocycles. The van der Waals surface area contributed by atoms with Crippen molar-refractivity contribution < 1.29 is 9.53 Å². The first-order valence-corrected chi connectivity index (χ1v) is 7.66. The number of nitrogens with two attached hydrogens (primary N) is 1. The Hall–Kier alpha value is -1.26. The molecule has 5 heteroatoms. The summed E-state index contributed by atoms with van der Waals surface area (Å²) in [5.41, 5.74) is 6.65. The third-order valence-electron chi connectivity index (χ3n) is 3.29. The van der Waals surface area contributed by atoms with Crippen LogP contribution in [0.4, 0.5) is 5.69 Å². The Kier molecular flexibility index (Phi) is 8.07. The van der Waals surface area contributed by atoms with Crippen molar-refractivity contribution in [2.45, 2.75) is 31.7 Å². The molecule has 0 bridgehead atoms. The highest BCUT2D eigenvalue weighted by Gasteiger charge is 2.14. The second kappa shape index (κ2) is 9.61. The smallest absolute Gasteiger partial charge is 0.340 e. The lowest BCUT2D eigenvalue weighted by Gasteiger charge is -2.23. The van der Waals surface area contributed by atoms with Gasteiger partial charge in [-0.2, -0.15) is 0 Å². The van der Waals surface area contributed by atoms with Gasteiger partial charge < -0.3 is 15.8 Å². The first-order valence-electron chi connectivity index (χ1n) is 6.90. The maximum Gasteiger partial charge on any atom is 0.340 e. The number of ether oxygens (including phenoxy) is 1. The molecule has 1 saturated heterocycles. The molecule has 1 fully saturated rings. The fourth-order valence-electron chi connectivity index (χ4n) is 2.22. The highest BCUT2D eigenvalue weighted by molar-refractivity contribution is 6.15. The second-order valence-electron chi connectivity index (χ2n) is 4.66. The van der Waals surface area contributed by atoms with Gasteiger partial charge in [0.15, 0.2) is 0 Å². The van der Waals surface area contributed by atoms with Gasteiger partial charge in [0.2, 0.25) is 0 Å². The maximum absolute atomic E-state index is 11.8. The zero-order valence-corrected chi connectivity index (χ0v) is 12.7. The number of piperidine rings is 1. The van der Waals surface area contributed by atoms with E-state index in [1.165, 1.54) is 25.6 Å². The molecule has 1 atom stereocenters. The molecule has 0 radical (unpaired) electrons. The molecular formula is C15H23ClN2O2. The summed E-state index contributed by atoms with van der Waals surface area (Å²) in [6.45, 7) is 1.52. The van der Waals surface area contributed by atoms with E-state index in [4.69, 9.17) is 10.5 Å². The summed E-state index contributed by atoms with van der Waals surface area (Å²) in [6, 6.07) is 7.48. The number of hydrogen-bond acceptors (Lipinski definition) is 4. The summed E-state index contributed by atoms with van der Waals surface area (Å²) < 4.78 is 5.25. The number of carbonyl (C=O) groups excluding carboxylic acids is 1. The third-order valence-corrected chi connectivity index (χ3v) is 3.29. The van der Waals surface area contributed by atoms with Crippen LogP contribution in [0.3, 0.4) is 0 Å². The molecule has 1 aromatic rings. The number of hydrogen-bond donors (Lipinski definition) is 2. The average Bonchev–Trinajstić information content (AvgIpc) is 2.51. The van der Waals surface area contributed by atoms with Crippen LogP contribution in [0.5, 0.6) is 0 Å². The van der Waals surface area contributed by atoms with Gasteiger partial charge in [-0.15, -0.1) is 11.6 Å². The molecule has 4 nitrogen and oxygen atoms in total. The van der Waals surface area contributed by atoms with Crippen LogP contribution in [0.1, 0.15) is 36.0 Å². The molecule has 112 valence electrons. The third kappa shape index (κ3) is 5.39. The van der Waals surface area contributed by atoms with Gasteiger partial charge in [-0.05, 0) is 37.9 Å². The number of para-hydroxylation sites is 1. The molecule has 0 aromatic heterocycles. The van der Waals surface area contributed by atoms with Crippen molar-refractivity contribution in [3.8, 4) is 0 Å². The quantitative estimate of drug-likeness (QED) is 0.510. The minimum Gasteiger partial charge on any atom is -0.462 e. The Bertz CT molecular complexity index is 407. The molecule has 1 aliphatic rings. The monoisotopic (exact) mass is 298 g/mol. The number of anilines is 1. The summed E-state index contributed by atoms with van der Waals surface area (Å²) in [5.74, 6) is -0.330. The van der Waals surface area contributed by atoms with Gasteiger partial charge in [-0.25, -0.2) is 4.79 Å². The van der Waals surface area contributed by atoms with Crippen molar-refractivity contribution in [1.82, 2.24) is 5.32 Å². The molecular weight excluding hydrogens is 276 g/mol. The van der Waals surface area contributed by atoms with E-state index in [0.29, 0.717) is 23.9 Å². The zero-order chi connectivity index (χ0) is 14.8. The summed E-state index contributed by atoms with van der Waals surface area (Å²) in [5, 5.41) is 3.43. The van der Waals surface area contributed by atoms with E-state index in [0.717, 1.165) is 13.0 Å². The van der Waals surface area contributed by atoms with Crippen molar-refractivity contribution in [2.24, 2.45) is 0 Å². The largest absolute Gasteiger partial charge is 0.462 e. The Morgan fingerprint density at radius 3 is 2.80 bits per heavy atom. The first kappa shape index (κ1) is 16.8. The predicted molar refractivity (Wildman–Crippen MR) is 83.2 cm³/mol. The Morgan fingerprint density at radius 1 is 1.40 bits per heavy atom. The lowest BCUT2D eigenvalue weighted by molar-refractivity contribution is 0.0487. The number of rotatable bonds is 4. The number of alkyl halides is 1. The van der Waals surface area contributed by atoms with E-state index < -0.39 is 0 Å². The van der Waals surface area contributed by atoms with Gasteiger partial charge in [0.05, 0.1) is 12.2 Å². The molecule has 1 unspecified atom stereocenters. The van der Waals surface area contributed by atoms with Crippen molar-refractivity contribution in [3.05, 3.63) is 29.8 Å². The van der Waals surface area contributed by atoms with E-state index in [1.807, 2.05) is 0 Å². The maximum atomic E-state index is 11.8. The highest BCUT2D eigenvalue weighted by Crippen LogP contribution is 2.13. The molecule has 20 heavy (non-hydrogen) atoms. The Balaban J connectivity index is 0.000000956. The second-order valence-corrected chi connectivity index (χ2v) is 4.66. The number of halogens is 1. The van der Waals surface area contributed by atoms with E-state index >= 15 is 0 Å². The topological polar surface area (TPSA) is 64.4 Å². The zero-order valence-electron chi connectivity index (χ0n) is 11.9. The normalized spacial score (nSPS) is 17.8. The van der Waals surface area contributed by atoms with Crippen molar-refractivity contribution in [1.29, 1.82) is 0 Å². The molecule has 2 rings (SSSR count). The van der Waals surface area contributed by atoms with Gasteiger partial charge >= 0.3 is 5.97 Å². The van der Waals surface area contributed by atoms with Gasteiger partial charge in [0, 0.05) is 18.1 Å². The van der Waals surface area contributed by atoms with Gasteiger partial charge in [0.25, 0.3) is 0 Å². The Morgan fingerprint density at radius 2 is 2.15 bits per heavy atom. The van der Waals surface area contributed by atoms with E-state index in [2.05, 4.69) is 16.9 Å². The summed E-state index contributed by atoms with van der Waals surface area (Å²) in [4.78, 5) is 11.8. The van der Waals surface area contributed by atoms with E-state index in [9.17, 15) is 4.79 Å². The van der Waals surface area contributed by atoms with Crippen LogP contribution in [0.2, 0.25) is 0 Å². The fraction of sp³-hybridized carbons (Fsp3) is 0.533. The van der Waals surface area contributed by atoms with Crippen LogP contribution >= 0.6 is 11.6 Å². The molecule has 1 aromatic carbocycles. The highest BCUT2D eigenvalue weighted by atomic mass is 35.5. The summed E-state index contributed by atoms with van der Waals surface area (Å²) >= 11 is 4.64. The minimum absolute atomic E-state index is 0.330. The lowest BCUT2D eigenvalue weighted by atomic mass is 10.0. The molecule has 0 spiro atoms. The van der Waals surface area contributed by atoms with E-state index in [-0.39, 0.29) is 5.97 Å². The van der Waals surface area contributed by atoms with Gasteiger partial charge in [0.1, 0.15) is 0 Å². The number of carbonyl (C=O) groups is 1. The minimum atomic E-state index is -0.330. The van der Waals surface area contributed by atoms with Crippen LogP contribution < -0.4 is 11.1 Å².